The molecule has 1 aliphatic rings. The van der Waals surface area contributed by atoms with Crippen molar-refractivity contribution in [2.75, 3.05) is 0 Å². The van der Waals surface area contributed by atoms with Gasteiger partial charge in [-0.25, -0.2) is 0 Å². The molecular formula is C14H23N3. The number of aromatic nitrogens is 2. The lowest BCUT2D eigenvalue weighted by molar-refractivity contribution is 0.574. The number of hydrogen-bond donors (Lipinski definition) is 1. The van der Waals surface area contributed by atoms with Crippen molar-refractivity contribution >= 4 is 0 Å². The molecule has 1 aliphatic carbocycles. The van der Waals surface area contributed by atoms with Crippen LogP contribution in [-0.2, 0) is 13.5 Å². The van der Waals surface area contributed by atoms with Gasteiger partial charge in [0.1, 0.15) is 0 Å². The molecule has 2 rings (SSSR count). The SMILES string of the molecule is Cn1cc(CCC(N)CC2=CCCCC2)cn1. The van der Waals surface area contributed by atoms with Gasteiger partial charge in [-0.15, -0.1) is 0 Å². The minimum atomic E-state index is 0.305. The second-order valence-electron chi connectivity index (χ2n) is 5.13. The smallest absolute Gasteiger partial charge is 0.0521 e. The molecule has 17 heavy (non-hydrogen) atoms. The fourth-order valence-corrected chi connectivity index (χ4v) is 2.48. The van der Waals surface area contributed by atoms with Gasteiger partial charge in [0, 0.05) is 19.3 Å². The van der Waals surface area contributed by atoms with E-state index in [0.717, 1.165) is 19.3 Å². The van der Waals surface area contributed by atoms with Gasteiger partial charge in [-0.1, -0.05) is 11.6 Å². The Bertz CT molecular complexity index is 379. The molecule has 1 aromatic rings. The molecule has 94 valence electrons. The van der Waals surface area contributed by atoms with Gasteiger partial charge in [0.15, 0.2) is 0 Å². The summed E-state index contributed by atoms with van der Waals surface area (Å²) in [6.45, 7) is 0. The average Bonchev–Trinajstić information content (AvgIpc) is 2.74. The predicted molar refractivity (Wildman–Crippen MR) is 70.7 cm³/mol. The van der Waals surface area contributed by atoms with E-state index in [0.29, 0.717) is 6.04 Å². The summed E-state index contributed by atoms with van der Waals surface area (Å²) < 4.78 is 1.85. The average molecular weight is 233 g/mol. The van der Waals surface area contributed by atoms with E-state index in [1.54, 1.807) is 5.57 Å². The molecule has 3 nitrogen and oxygen atoms in total. The van der Waals surface area contributed by atoms with Gasteiger partial charge in [-0.05, 0) is 50.5 Å². The van der Waals surface area contributed by atoms with Crippen molar-refractivity contribution in [1.82, 2.24) is 9.78 Å². The van der Waals surface area contributed by atoms with E-state index in [9.17, 15) is 0 Å². The number of nitrogens with two attached hydrogens (primary N) is 1. The molecule has 1 aromatic heterocycles. The second-order valence-corrected chi connectivity index (χ2v) is 5.13. The second kappa shape index (κ2) is 6.01. The Balaban J connectivity index is 1.73. The zero-order valence-corrected chi connectivity index (χ0v) is 10.7. The summed E-state index contributed by atoms with van der Waals surface area (Å²) in [7, 11) is 1.95. The quantitative estimate of drug-likeness (QED) is 0.794. The molecule has 0 saturated carbocycles. The van der Waals surface area contributed by atoms with Crippen molar-refractivity contribution in [2.24, 2.45) is 12.8 Å². The van der Waals surface area contributed by atoms with Crippen LogP contribution in [0.5, 0.6) is 0 Å². The standard InChI is InChI=1S/C14H23N3/c1-17-11-13(10-16-17)7-8-14(15)9-12-5-3-2-4-6-12/h5,10-11,14H,2-4,6-9,15H2,1H3. The maximum Gasteiger partial charge on any atom is 0.0521 e. The van der Waals surface area contributed by atoms with Crippen LogP contribution >= 0.6 is 0 Å². The molecule has 0 fully saturated rings. The van der Waals surface area contributed by atoms with Crippen LogP contribution in [0, 0.1) is 0 Å². The highest BCUT2D eigenvalue weighted by molar-refractivity contribution is 5.08. The van der Waals surface area contributed by atoms with Crippen molar-refractivity contribution in [3.05, 3.63) is 29.6 Å². The van der Waals surface area contributed by atoms with Crippen LogP contribution in [0.4, 0.5) is 0 Å². The van der Waals surface area contributed by atoms with Crippen molar-refractivity contribution in [3.8, 4) is 0 Å². The highest BCUT2D eigenvalue weighted by Crippen LogP contribution is 2.21. The van der Waals surface area contributed by atoms with E-state index >= 15 is 0 Å². The van der Waals surface area contributed by atoms with E-state index in [1.165, 1.54) is 31.2 Å². The molecule has 0 amide bonds. The molecule has 1 atom stereocenters. The highest BCUT2D eigenvalue weighted by atomic mass is 15.2. The molecule has 0 aliphatic heterocycles. The summed E-state index contributed by atoms with van der Waals surface area (Å²) in [5, 5.41) is 4.17. The first-order valence-electron chi connectivity index (χ1n) is 6.65. The number of rotatable bonds is 5. The molecule has 1 heterocycles. The van der Waals surface area contributed by atoms with Crippen LogP contribution in [0.2, 0.25) is 0 Å². The van der Waals surface area contributed by atoms with Gasteiger partial charge < -0.3 is 5.73 Å². The zero-order chi connectivity index (χ0) is 12.1. The van der Waals surface area contributed by atoms with Crippen LogP contribution in [0.25, 0.3) is 0 Å². The summed E-state index contributed by atoms with van der Waals surface area (Å²) in [6.07, 6.45) is 14.8. The van der Waals surface area contributed by atoms with E-state index in [4.69, 9.17) is 5.73 Å². The summed E-state index contributed by atoms with van der Waals surface area (Å²) >= 11 is 0. The number of allylic oxidation sites excluding steroid dienone is 1. The third-order valence-electron chi connectivity index (χ3n) is 3.47. The fraction of sp³-hybridized carbons (Fsp3) is 0.643. The summed E-state index contributed by atoms with van der Waals surface area (Å²) in [6, 6.07) is 0.305. The number of aryl methyl sites for hydroxylation is 2. The molecule has 0 saturated heterocycles. The fourth-order valence-electron chi connectivity index (χ4n) is 2.48. The molecule has 3 heteroatoms. The van der Waals surface area contributed by atoms with Gasteiger partial charge in [-0.3, -0.25) is 4.68 Å². The van der Waals surface area contributed by atoms with Crippen LogP contribution in [0.1, 0.15) is 44.1 Å². The predicted octanol–water partition coefficient (Wildman–Crippen LogP) is 2.57. The van der Waals surface area contributed by atoms with E-state index in [2.05, 4.69) is 17.4 Å². The zero-order valence-electron chi connectivity index (χ0n) is 10.7. The Hall–Kier alpha value is -1.09. The van der Waals surface area contributed by atoms with Crippen molar-refractivity contribution in [2.45, 2.75) is 51.0 Å². The van der Waals surface area contributed by atoms with Crippen LogP contribution in [0.3, 0.4) is 0 Å². The topological polar surface area (TPSA) is 43.8 Å². The van der Waals surface area contributed by atoms with Gasteiger partial charge in [0.05, 0.1) is 6.20 Å². The summed E-state index contributed by atoms with van der Waals surface area (Å²) in [5.74, 6) is 0. The van der Waals surface area contributed by atoms with Crippen molar-refractivity contribution in [3.63, 3.8) is 0 Å². The molecule has 2 N–H and O–H groups in total. The molecule has 1 unspecified atom stereocenters. The maximum absolute atomic E-state index is 6.19. The summed E-state index contributed by atoms with van der Waals surface area (Å²) in [5.41, 5.74) is 9.06. The van der Waals surface area contributed by atoms with Gasteiger partial charge in [-0.2, -0.15) is 5.10 Å². The Kier molecular flexibility index (Phi) is 4.37. The molecule has 0 bridgehead atoms. The van der Waals surface area contributed by atoms with E-state index in [1.807, 2.05) is 17.9 Å². The first-order valence-corrected chi connectivity index (χ1v) is 6.65. The minimum Gasteiger partial charge on any atom is -0.327 e. The first kappa shape index (κ1) is 12.4. The third-order valence-corrected chi connectivity index (χ3v) is 3.47. The van der Waals surface area contributed by atoms with Crippen molar-refractivity contribution in [1.29, 1.82) is 0 Å². The van der Waals surface area contributed by atoms with E-state index in [-0.39, 0.29) is 0 Å². The van der Waals surface area contributed by atoms with Crippen LogP contribution < -0.4 is 5.73 Å². The van der Waals surface area contributed by atoms with Gasteiger partial charge in [0.25, 0.3) is 0 Å². The third kappa shape index (κ3) is 4.00. The molecule has 0 radical (unpaired) electrons. The van der Waals surface area contributed by atoms with Crippen molar-refractivity contribution < 1.29 is 0 Å². The lowest BCUT2D eigenvalue weighted by Gasteiger charge is -2.17. The van der Waals surface area contributed by atoms with E-state index < -0.39 is 0 Å². The Labute approximate surface area is 104 Å². The van der Waals surface area contributed by atoms with Gasteiger partial charge >= 0.3 is 0 Å². The number of nitrogens with zero attached hydrogens (tertiary/aromatic N) is 2. The number of hydrogen-bond acceptors (Lipinski definition) is 2. The summed E-state index contributed by atoms with van der Waals surface area (Å²) in [4.78, 5) is 0. The Morgan fingerprint density at radius 2 is 2.35 bits per heavy atom. The molecule has 0 aromatic carbocycles. The van der Waals surface area contributed by atoms with Gasteiger partial charge in [0.2, 0.25) is 0 Å². The largest absolute Gasteiger partial charge is 0.327 e. The lowest BCUT2D eigenvalue weighted by atomic mass is 9.93. The van der Waals surface area contributed by atoms with Crippen LogP contribution in [-0.4, -0.2) is 15.8 Å². The highest BCUT2D eigenvalue weighted by Gasteiger charge is 2.09. The Morgan fingerprint density at radius 3 is 3.00 bits per heavy atom. The molecule has 0 spiro atoms. The monoisotopic (exact) mass is 233 g/mol. The minimum absolute atomic E-state index is 0.305. The Morgan fingerprint density at radius 1 is 1.47 bits per heavy atom. The maximum atomic E-state index is 6.19. The normalized spacial score (nSPS) is 17.9. The van der Waals surface area contributed by atoms with Crippen LogP contribution in [0.15, 0.2) is 24.0 Å². The molecular weight excluding hydrogens is 210 g/mol. The lowest BCUT2D eigenvalue weighted by Crippen LogP contribution is -2.21. The first-order chi connectivity index (χ1) is 8.24.